The lowest BCUT2D eigenvalue weighted by Gasteiger charge is -2.32. The van der Waals surface area contributed by atoms with Crippen LogP contribution in [0.15, 0.2) is 28.9 Å². The van der Waals surface area contributed by atoms with Gasteiger partial charge < -0.3 is 14.0 Å². The van der Waals surface area contributed by atoms with Gasteiger partial charge in [-0.2, -0.15) is 0 Å². The zero-order valence-corrected chi connectivity index (χ0v) is 17.9. The molecule has 2 aromatic rings. The fraction of sp³-hybridized carbons (Fsp3) is 0.526. The van der Waals surface area contributed by atoms with Gasteiger partial charge in [0.25, 0.3) is 0 Å². The van der Waals surface area contributed by atoms with Crippen molar-refractivity contribution in [1.82, 2.24) is 4.57 Å². The third-order valence-electron chi connectivity index (χ3n) is 4.91. The fourth-order valence-electron chi connectivity index (χ4n) is 2.88. The minimum atomic E-state index is -0.579. The summed E-state index contributed by atoms with van der Waals surface area (Å²) in [7, 11) is -0.565. The number of carbonyl (C=O) groups is 1. The molecule has 1 aromatic carbocycles. The fourth-order valence-corrected chi connectivity index (χ4v) is 3.47. The summed E-state index contributed by atoms with van der Waals surface area (Å²) in [5, 5.41) is 0.886. The number of ether oxygens (including phenoxy) is 1. The average molecular weight is 422 g/mol. The Balaban J connectivity index is 2.12. The van der Waals surface area contributed by atoms with Crippen LogP contribution in [0.4, 0.5) is 4.79 Å². The van der Waals surface area contributed by atoms with Crippen LogP contribution in [0.25, 0.3) is 10.9 Å². The summed E-state index contributed by atoms with van der Waals surface area (Å²) in [6, 6.07) is 5.72. The summed E-state index contributed by atoms with van der Waals surface area (Å²) in [5.74, 6) is 0. The first kappa shape index (κ1) is 19.5. The molecule has 0 radical (unpaired) electrons. The van der Waals surface area contributed by atoms with E-state index in [1.807, 2.05) is 66.7 Å². The van der Waals surface area contributed by atoms with Gasteiger partial charge in [0.1, 0.15) is 5.60 Å². The van der Waals surface area contributed by atoms with E-state index in [0.717, 1.165) is 20.8 Å². The van der Waals surface area contributed by atoms with E-state index in [1.165, 1.54) is 4.57 Å². The average Bonchev–Trinajstić information content (AvgIpc) is 2.94. The molecule has 0 saturated carbocycles. The maximum atomic E-state index is 12.7. The summed E-state index contributed by atoms with van der Waals surface area (Å²) >= 11 is 3.60. The van der Waals surface area contributed by atoms with Crippen LogP contribution in [0.3, 0.4) is 0 Å². The topological polar surface area (TPSA) is 49.7 Å². The molecule has 0 aliphatic carbocycles. The van der Waals surface area contributed by atoms with Crippen LogP contribution in [-0.2, 0) is 14.0 Å². The van der Waals surface area contributed by atoms with Gasteiger partial charge in [-0.25, -0.2) is 4.79 Å². The molecule has 1 aliphatic rings. The van der Waals surface area contributed by atoms with Crippen molar-refractivity contribution in [1.29, 1.82) is 0 Å². The lowest BCUT2D eigenvalue weighted by Crippen LogP contribution is -2.41. The van der Waals surface area contributed by atoms with Gasteiger partial charge >= 0.3 is 13.2 Å². The van der Waals surface area contributed by atoms with Crippen molar-refractivity contribution < 1.29 is 18.8 Å². The molecule has 1 saturated heterocycles. The van der Waals surface area contributed by atoms with E-state index >= 15 is 0 Å². The van der Waals surface area contributed by atoms with Crippen molar-refractivity contribution in [3.63, 3.8) is 0 Å². The van der Waals surface area contributed by atoms with Crippen LogP contribution in [-0.4, -0.2) is 34.6 Å². The molecule has 0 atom stereocenters. The molecule has 1 aromatic heterocycles. The van der Waals surface area contributed by atoms with Crippen LogP contribution in [0.5, 0.6) is 0 Å². The number of hydrogen-bond donors (Lipinski definition) is 0. The predicted molar refractivity (Wildman–Crippen MR) is 107 cm³/mol. The van der Waals surface area contributed by atoms with E-state index in [2.05, 4.69) is 15.9 Å². The number of rotatable bonds is 1. The number of aromatic nitrogens is 1. The third-order valence-corrected chi connectivity index (χ3v) is 5.57. The Hall–Kier alpha value is -1.31. The Labute approximate surface area is 163 Å². The second-order valence-electron chi connectivity index (χ2n) is 8.66. The van der Waals surface area contributed by atoms with E-state index in [0.29, 0.717) is 0 Å². The van der Waals surface area contributed by atoms with Crippen LogP contribution < -0.4 is 5.46 Å². The van der Waals surface area contributed by atoms with E-state index < -0.39 is 30.0 Å². The standard InChI is InChI=1S/C19H25BBrNO4/c1-17(2,3)24-16(23)22-11-12(15-13(21)9-8-10-14(15)22)20-25-18(4,5)19(6,7)26-20/h8-11H,1-7H3. The predicted octanol–water partition coefficient (Wildman–Crippen LogP) is 4.49. The first-order chi connectivity index (χ1) is 11.8. The van der Waals surface area contributed by atoms with E-state index in [1.54, 1.807) is 6.20 Å². The lowest BCUT2D eigenvalue weighted by molar-refractivity contribution is 0.00578. The minimum absolute atomic E-state index is 0.427. The van der Waals surface area contributed by atoms with E-state index in [9.17, 15) is 4.79 Å². The van der Waals surface area contributed by atoms with Crippen molar-refractivity contribution in [2.75, 3.05) is 0 Å². The molecule has 0 unspecified atom stereocenters. The molecule has 26 heavy (non-hydrogen) atoms. The molecule has 1 fully saturated rings. The summed E-state index contributed by atoms with van der Waals surface area (Å²) in [4.78, 5) is 12.7. The smallest absolute Gasteiger partial charge is 0.443 e. The monoisotopic (exact) mass is 421 g/mol. The van der Waals surface area contributed by atoms with Crippen LogP contribution in [0, 0.1) is 0 Å². The Morgan fingerprint density at radius 1 is 1.15 bits per heavy atom. The number of carbonyl (C=O) groups excluding carboxylic acids is 1. The van der Waals surface area contributed by atoms with Gasteiger partial charge in [0.05, 0.1) is 16.7 Å². The largest absolute Gasteiger partial charge is 0.497 e. The Morgan fingerprint density at radius 3 is 2.27 bits per heavy atom. The van der Waals surface area contributed by atoms with Gasteiger partial charge in [-0.05, 0) is 60.6 Å². The second-order valence-corrected chi connectivity index (χ2v) is 9.51. The van der Waals surface area contributed by atoms with Crippen molar-refractivity contribution >= 4 is 45.5 Å². The number of halogens is 1. The summed E-state index contributed by atoms with van der Waals surface area (Å²) < 4.78 is 20.4. The molecule has 7 heteroatoms. The first-order valence-electron chi connectivity index (χ1n) is 8.71. The van der Waals surface area contributed by atoms with Crippen molar-refractivity contribution in [3.05, 3.63) is 28.9 Å². The third kappa shape index (κ3) is 3.32. The molecule has 2 heterocycles. The van der Waals surface area contributed by atoms with Crippen molar-refractivity contribution in [2.45, 2.75) is 65.3 Å². The van der Waals surface area contributed by atoms with Gasteiger partial charge in [-0.15, -0.1) is 0 Å². The highest BCUT2D eigenvalue weighted by Gasteiger charge is 2.52. The molecule has 0 spiro atoms. The molecular formula is C19H25BBrNO4. The molecular weight excluding hydrogens is 397 g/mol. The Morgan fingerprint density at radius 2 is 1.73 bits per heavy atom. The molecule has 0 bridgehead atoms. The van der Waals surface area contributed by atoms with E-state index in [-0.39, 0.29) is 0 Å². The Kier molecular flexibility index (Phi) is 4.57. The van der Waals surface area contributed by atoms with Gasteiger partial charge in [-0.1, -0.05) is 22.0 Å². The highest BCUT2D eigenvalue weighted by Crippen LogP contribution is 2.38. The lowest BCUT2D eigenvalue weighted by atomic mass is 9.79. The van der Waals surface area contributed by atoms with Crippen LogP contribution in [0.1, 0.15) is 48.5 Å². The van der Waals surface area contributed by atoms with Gasteiger partial charge in [-0.3, -0.25) is 4.57 Å². The minimum Gasteiger partial charge on any atom is -0.443 e. The quantitative estimate of drug-likeness (QED) is 0.636. The first-order valence-corrected chi connectivity index (χ1v) is 9.50. The highest BCUT2D eigenvalue weighted by molar-refractivity contribution is 9.10. The zero-order chi connectivity index (χ0) is 19.5. The maximum absolute atomic E-state index is 12.7. The number of benzene rings is 1. The molecule has 1 aliphatic heterocycles. The second kappa shape index (κ2) is 6.11. The van der Waals surface area contributed by atoms with Crippen LogP contribution >= 0.6 is 15.9 Å². The summed E-state index contributed by atoms with van der Waals surface area (Å²) in [6.07, 6.45) is 1.33. The van der Waals surface area contributed by atoms with Gasteiger partial charge in [0.2, 0.25) is 0 Å². The number of fused-ring (bicyclic) bond motifs is 1. The summed E-state index contributed by atoms with van der Waals surface area (Å²) in [5.41, 5.74) is 0.0539. The molecule has 0 N–H and O–H groups in total. The number of hydrogen-bond acceptors (Lipinski definition) is 4. The molecule has 140 valence electrons. The molecule has 3 rings (SSSR count). The van der Waals surface area contributed by atoms with Crippen molar-refractivity contribution in [2.24, 2.45) is 0 Å². The maximum Gasteiger partial charge on any atom is 0.497 e. The van der Waals surface area contributed by atoms with Crippen LogP contribution in [0.2, 0.25) is 0 Å². The Bertz CT molecular complexity index is 850. The van der Waals surface area contributed by atoms with E-state index in [4.69, 9.17) is 14.0 Å². The van der Waals surface area contributed by atoms with Gasteiger partial charge in [0, 0.05) is 21.5 Å². The number of nitrogens with zero attached hydrogens (tertiary/aromatic N) is 1. The van der Waals surface area contributed by atoms with Crippen molar-refractivity contribution in [3.8, 4) is 0 Å². The SMILES string of the molecule is CC(C)(C)OC(=O)n1cc(B2OC(C)(C)C(C)(C)O2)c2c(Br)cccc21. The molecule has 0 amide bonds. The summed E-state index contributed by atoms with van der Waals surface area (Å²) in [6.45, 7) is 13.6. The van der Waals surface area contributed by atoms with Gasteiger partial charge in [0.15, 0.2) is 0 Å². The highest BCUT2D eigenvalue weighted by atomic mass is 79.9. The molecule has 5 nitrogen and oxygen atoms in total. The zero-order valence-electron chi connectivity index (χ0n) is 16.3. The normalized spacial score (nSPS) is 19.2.